The molecule has 0 atom stereocenters. The summed E-state index contributed by atoms with van der Waals surface area (Å²) in [6, 6.07) is 10.7. The van der Waals surface area contributed by atoms with Crippen LogP contribution in [0.2, 0.25) is 0 Å². The summed E-state index contributed by atoms with van der Waals surface area (Å²) in [6.45, 7) is 14.2. The number of hydrogen-bond acceptors (Lipinski definition) is 4. The number of carbonyl (C=O) groups excluding carboxylic acids is 2. The van der Waals surface area contributed by atoms with E-state index in [4.69, 9.17) is 4.74 Å². The van der Waals surface area contributed by atoms with Crippen molar-refractivity contribution in [3.05, 3.63) is 59.2 Å². The van der Waals surface area contributed by atoms with E-state index in [1.807, 2.05) is 12.1 Å². The summed E-state index contributed by atoms with van der Waals surface area (Å²) in [6.07, 6.45) is 3.68. The predicted molar refractivity (Wildman–Crippen MR) is 130 cm³/mol. The molecule has 0 aliphatic rings. The van der Waals surface area contributed by atoms with Crippen LogP contribution in [0.1, 0.15) is 71.6 Å². The fourth-order valence-electron chi connectivity index (χ4n) is 3.15. The number of amides is 1. The summed E-state index contributed by atoms with van der Waals surface area (Å²) < 4.78 is 5.41. The van der Waals surface area contributed by atoms with Crippen molar-refractivity contribution in [3.63, 3.8) is 0 Å². The molecule has 2 rings (SSSR count). The third-order valence-electron chi connectivity index (χ3n) is 5.09. The molecule has 0 aliphatic heterocycles. The summed E-state index contributed by atoms with van der Waals surface area (Å²) in [5, 5.41) is 13.6. The van der Waals surface area contributed by atoms with E-state index in [9.17, 15) is 14.7 Å². The zero-order valence-corrected chi connectivity index (χ0v) is 20.2. The van der Waals surface area contributed by atoms with Crippen LogP contribution >= 0.6 is 0 Å². The minimum atomic E-state index is -0.262. The molecule has 0 heterocycles. The quantitative estimate of drug-likeness (QED) is 0.521. The van der Waals surface area contributed by atoms with Crippen LogP contribution < -0.4 is 10.1 Å². The second-order valence-electron chi connectivity index (χ2n) is 9.99. The number of aromatic hydroxyl groups is 1. The van der Waals surface area contributed by atoms with Gasteiger partial charge >= 0.3 is 0 Å². The van der Waals surface area contributed by atoms with Gasteiger partial charge in [0.15, 0.2) is 5.78 Å². The predicted octanol–water partition coefficient (Wildman–Crippen LogP) is 6.00. The minimum absolute atomic E-state index is 0.0333. The van der Waals surface area contributed by atoms with Crippen molar-refractivity contribution in [2.75, 3.05) is 11.9 Å². The first-order chi connectivity index (χ1) is 14.8. The van der Waals surface area contributed by atoms with Crippen LogP contribution in [0.15, 0.2) is 42.5 Å². The van der Waals surface area contributed by atoms with Crippen molar-refractivity contribution in [1.82, 2.24) is 0 Å². The summed E-state index contributed by atoms with van der Waals surface area (Å²) in [5.41, 5.74) is 2.72. The molecule has 172 valence electrons. The SMILES string of the molecule is CCC(=O)COc1ccc(NC(=O)/C=C\c2cc(C(C)(C)C)c(O)c(C(C)(C)C)c2)cc1. The van der Waals surface area contributed by atoms with E-state index >= 15 is 0 Å². The van der Waals surface area contributed by atoms with Gasteiger partial charge in [0.25, 0.3) is 0 Å². The summed E-state index contributed by atoms with van der Waals surface area (Å²) in [7, 11) is 0. The lowest BCUT2D eigenvalue weighted by molar-refractivity contribution is -0.120. The molecule has 0 aliphatic carbocycles. The van der Waals surface area contributed by atoms with E-state index in [0.717, 1.165) is 16.7 Å². The van der Waals surface area contributed by atoms with Crippen LogP contribution in [0.3, 0.4) is 0 Å². The molecule has 0 radical (unpaired) electrons. The van der Waals surface area contributed by atoms with Crippen LogP contribution in [0.5, 0.6) is 11.5 Å². The molecule has 1 amide bonds. The zero-order chi connectivity index (χ0) is 24.1. The van der Waals surface area contributed by atoms with Crippen LogP contribution in [-0.4, -0.2) is 23.4 Å². The van der Waals surface area contributed by atoms with Gasteiger partial charge in [0.1, 0.15) is 18.1 Å². The van der Waals surface area contributed by atoms with Gasteiger partial charge in [-0.25, -0.2) is 0 Å². The number of carbonyl (C=O) groups is 2. The molecule has 2 N–H and O–H groups in total. The number of ketones is 1. The van der Waals surface area contributed by atoms with E-state index in [2.05, 4.69) is 46.9 Å². The number of anilines is 1. The van der Waals surface area contributed by atoms with Crippen LogP contribution in [-0.2, 0) is 20.4 Å². The lowest BCUT2D eigenvalue weighted by Crippen LogP contribution is -2.17. The first-order valence-electron chi connectivity index (χ1n) is 10.9. The van der Waals surface area contributed by atoms with Crippen molar-refractivity contribution >= 4 is 23.5 Å². The number of benzene rings is 2. The number of ether oxygens (including phenoxy) is 1. The molecule has 5 nitrogen and oxygen atoms in total. The lowest BCUT2D eigenvalue weighted by Gasteiger charge is -2.27. The van der Waals surface area contributed by atoms with Crippen molar-refractivity contribution < 1.29 is 19.4 Å². The Kier molecular flexibility index (Phi) is 7.89. The van der Waals surface area contributed by atoms with E-state index in [-0.39, 0.29) is 29.1 Å². The Bertz CT molecular complexity index is 955. The third-order valence-corrected chi connectivity index (χ3v) is 5.09. The molecule has 0 saturated carbocycles. The molecule has 0 spiro atoms. The van der Waals surface area contributed by atoms with Gasteiger partial charge in [-0.3, -0.25) is 9.59 Å². The molecule has 0 bridgehead atoms. The highest BCUT2D eigenvalue weighted by molar-refractivity contribution is 6.02. The Balaban J connectivity index is 2.15. The number of nitrogens with one attached hydrogen (secondary N) is 1. The minimum Gasteiger partial charge on any atom is -0.507 e. The lowest BCUT2D eigenvalue weighted by atomic mass is 9.78. The molecule has 5 heteroatoms. The van der Waals surface area contributed by atoms with Crippen LogP contribution in [0, 0.1) is 0 Å². The third kappa shape index (κ3) is 6.98. The normalized spacial score (nSPS) is 12.1. The molecule has 0 unspecified atom stereocenters. The van der Waals surface area contributed by atoms with E-state index in [1.165, 1.54) is 6.08 Å². The van der Waals surface area contributed by atoms with Gasteiger partial charge in [0.2, 0.25) is 5.91 Å². The molecule has 0 aromatic heterocycles. The standard InChI is InChI=1S/C27H35NO4/c1-8-20(29)17-32-21-12-10-19(11-13-21)28-24(30)14-9-18-15-22(26(2,3)4)25(31)23(16-18)27(5,6)7/h9-16,31H,8,17H2,1-7H3,(H,28,30)/b14-9-. The Morgan fingerprint density at radius 2 is 1.50 bits per heavy atom. The highest BCUT2D eigenvalue weighted by atomic mass is 16.5. The van der Waals surface area contributed by atoms with Crippen molar-refractivity contribution in [3.8, 4) is 11.5 Å². The molecule has 2 aromatic rings. The first kappa shape index (κ1) is 25.2. The average molecular weight is 438 g/mol. The Labute approximate surface area is 191 Å². The van der Waals surface area contributed by atoms with Gasteiger partial charge < -0.3 is 15.2 Å². The molecule has 0 fully saturated rings. The first-order valence-corrected chi connectivity index (χ1v) is 10.9. The summed E-state index contributed by atoms with van der Waals surface area (Å²) in [4.78, 5) is 23.8. The van der Waals surface area contributed by atoms with Gasteiger partial charge in [-0.15, -0.1) is 0 Å². The Morgan fingerprint density at radius 1 is 0.969 bits per heavy atom. The topological polar surface area (TPSA) is 75.6 Å². The molecule has 32 heavy (non-hydrogen) atoms. The highest BCUT2D eigenvalue weighted by Gasteiger charge is 2.26. The largest absolute Gasteiger partial charge is 0.507 e. The van der Waals surface area contributed by atoms with Gasteiger partial charge in [-0.1, -0.05) is 48.5 Å². The summed E-state index contributed by atoms with van der Waals surface area (Å²) in [5.74, 6) is 0.664. The number of Topliss-reactive ketones (excluding diaryl/α,β-unsaturated/α-hetero) is 1. The number of phenolic OH excluding ortho intramolecular Hbond substituents is 1. The van der Waals surface area contributed by atoms with Crippen molar-refractivity contribution in [1.29, 1.82) is 0 Å². The highest BCUT2D eigenvalue weighted by Crippen LogP contribution is 2.40. The maximum absolute atomic E-state index is 12.4. The van der Waals surface area contributed by atoms with E-state index in [0.29, 0.717) is 23.6 Å². The zero-order valence-electron chi connectivity index (χ0n) is 20.2. The monoisotopic (exact) mass is 437 g/mol. The Hall–Kier alpha value is -3.08. The number of rotatable bonds is 7. The van der Waals surface area contributed by atoms with Gasteiger partial charge in [0.05, 0.1) is 0 Å². The van der Waals surface area contributed by atoms with Gasteiger partial charge in [-0.05, 0) is 58.9 Å². The Morgan fingerprint density at radius 3 is 1.97 bits per heavy atom. The van der Waals surface area contributed by atoms with Gasteiger partial charge in [0, 0.05) is 29.3 Å². The average Bonchev–Trinajstić information content (AvgIpc) is 2.70. The molecule has 0 saturated heterocycles. The van der Waals surface area contributed by atoms with Crippen molar-refractivity contribution in [2.24, 2.45) is 0 Å². The van der Waals surface area contributed by atoms with Gasteiger partial charge in [-0.2, -0.15) is 0 Å². The second kappa shape index (κ2) is 10.0. The molecular formula is C27H35NO4. The number of phenols is 1. The van der Waals surface area contributed by atoms with E-state index in [1.54, 1.807) is 37.3 Å². The molecule has 2 aromatic carbocycles. The molecular weight excluding hydrogens is 402 g/mol. The van der Waals surface area contributed by atoms with Crippen molar-refractivity contribution in [2.45, 2.75) is 65.7 Å². The second-order valence-corrected chi connectivity index (χ2v) is 9.99. The van der Waals surface area contributed by atoms with E-state index < -0.39 is 0 Å². The fourth-order valence-corrected chi connectivity index (χ4v) is 3.15. The maximum atomic E-state index is 12.4. The van der Waals surface area contributed by atoms with Crippen LogP contribution in [0.4, 0.5) is 5.69 Å². The van der Waals surface area contributed by atoms with Crippen LogP contribution in [0.25, 0.3) is 6.08 Å². The maximum Gasteiger partial charge on any atom is 0.248 e. The summed E-state index contributed by atoms with van der Waals surface area (Å²) >= 11 is 0. The smallest absolute Gasteiger partial charge is 0.248 e. The number of hydrogen-bond donors (Lipinski definition) is 2. The fraction of sp³-hybridized carbons (Fsp3) is 0.407.